The summed E-state index contributed by atoms with van der Waals surface area (Å²) >= 11 is 0. The number of carbonyl (C=O) groups excluding carboxylic acids is 1. The number of nitrogens with zero attached hydrogens (tertiary/aromatic N) is 4. The number of amides is 1. The molecule has 0 saturated carbocycles. The molecule has 1 aromatic carbocycles. The molecule has 0 radical (unpaired) electrons. The lowest BCUT2D eigenvalue weighted by molar-refractivity contribution is 0.0525. The van der Waals surface area contributed by atoms with Crippen molar-refractivity contribution < 1.29 is 4.79 Å². The van der Waals surface area contributed by atoms with Crippen LogP contribution in [0.5, 0.6) is 0 Å². The maximum absolute atomic E-state index is 12.8. The molecule has 2 heterocycles. The van der Waals surface area contributed by atoms with E-state index >= 15 is 0 Å². The molecule has 1 amide bonds. The first kappa shape index (κ1) is 16.4. The summed E-state index contributed by atoms with van der Waals surface area (Å²) in [5.41, 5.74) is 1.09. The fraction of sp³-hybridized carbons (Fsp3) is 0.389. The average Bonchev–Trinajstić information content (AvgIpc) is 2.57. The molecule has 1 aliphatic rings. The maximum atomic E-state index is 12.8. The van der Waals surface area contributed by atoms with Gasteiger partial charge in [0.05, 0.1) is 6.54 Å². The van der Waals surface area contributed by atoms with Gasteiger partial charge in [0.1, 0.15) is 5.69 Å². The van der Waals surface area contributed by atoms with Crippen LogP contribution in [0.3, 0.4) is 0 Å². The average molecular weight is 326 g/mol. The molecule has 126 valence electrons. The van der Waals surface area contributed by atoms with Crippen LogP contribution in [0.4, 0.5) is 0 Å². The summed E-state index contributed by atoms with van der Waals surface area (Å²) < 4.78 is 1.35. The van der Waals surface area contributed by atoms with Gasteiger partial charge in [0.2, 0.25) is 0 Å². The number of aromatic nitrogens is 2. The quantitative estimate of drug-likeness (QED) is 0.846. The molecule has 1 saturated heterocycles. The van der Waals surface area contributed by atoms with Crippen LogP contribution in [-0.4, -0.2) is 58.2 Å². The van der Waals surface area contributed by atoms with E-state index < -0.39 is 0 Å². The fourth-order valence-corrected chi connectivity index (χ4v) is 3.02. The third-order valence-electron chi connectivity index (χ3n) is 4.35. The summed E-state index contributed by atoms with van der Waals surface area (Å²) in [5.74, 6) is -0.114. The fourth-order valence-electron chi connectivity index (χ4n) is 3.02. The van der Waals surface area contributed by atoms with E-state index in [2.05, 4.69) is 17.0 Å². The Kier molecular flexibility index (Phi) is 4.76. The molecule has 6 heteroatoms. The molecule has 0 bridgehead atoms. The van der Waals surface area contributed by atoms with Gasteiger partial charge >= 0.3 is 0 Å². The molecule has 2 aromatic rings. The molecule has 1 atom stereocenters. The zero-order chi connectivity index (χ0) is 17.1. The van der Waals surface area contributed by atoms with Gasteiger partial charge in [-0.3, -0.25) is 9.59 Å². The van der Waals surface area contributed by atoms with Crippen molar-refractivity contribution in [3.8, 4) is 0 Å². The number of rotatable bonds is 3. The zero-order valence-corrected chi connectivity index (χ0v) is 14.1. The van der Waals surface area contributed by atoms with Crippen molar-refractivity contribution in [2.24, 2.45) is 0 Å². The number of hydrogen-bond acceptors (Lipinski definition) is 4. The summed E-state index contributed by atoms with van der Waals surface area (Å²) in [6.45, 7) is 4.76. The predicted octanol–water partition coefficient (Wildman–Crippen LogP) is 1.07. The molecule has 24 heavy (non-hydrogen) atoms. The molecule has 6 nitrogen and oxygen atoms in total. The topological polar surface area (TPSA) is 58.4 Å². The first-order valence-electron chi connectivity index (χ1n) is 8.16. The van der Waals surface area contributed by atoms with Gasteiger partial charge in [0, 0.05) is 31.7 Å². The molecule has 0 unspecified atom stereocenters. The number of piperazine rings is 1. The van der Waals surface area contributed by atoms with Gasteiger partial charge in [-0.2, -0.15) is 5.10 Å². The number of hydrogen-bond donors (Lipinski definition) is 0. The Morgan fingerprint density at radius 1 is 1.17 bits per heavy atom. The highest BCUT2D eigenvalue weighted by molar-refractivity contribution is 5.92. The molecule has 0 aliphatic carbocycles. The van der Waals surface area contributed by atoms with Gasteiger partial charge in [0.15, 0.2) is 0 Å². The molecule has 3 rings (SSSR count). The van der Waals surface area contributed by atoms with Gasteiger partial charge in [-0.1, -0.05) is 30.3 Å². The Hall–Kier alpha value is -2.47. The van der Waals surface area contributed by atoms with Crippen LogP contribution in [0, 0.1) is 0 Å². The standard InChI is InChI=1S/C18H22N4O2/c1-14-12-20(2)10-11-21(14)18(24)16-8-9-17(23)22(19-16)13-15-6-4-3-5-7-15/h3-9,14H,10-13H2,1-2H3/t14-/m1/s1. The largest absolute Gasteiger partial charge is 0.332 e. The van der Waals surface area contributed by atoms with Gasteiger partial charge in [-0.15, -0.1) is 0 Å². The van der Waals surface area contributed by atoms with E-state index in [1.54, 1.807) is 0 Å². The molecule has 1 aromatic heterocycles. The Labute approximate surface area is 141 Å². The second kappa shape index (κ2) is 6.97. The minimum atomic E-state index is -0.207. The summed E-state index contributed by atoms with van der Waals surface area (Å²) in [6, 6.07) is 12.7. The monoisotopic (exact) mass is 326 g/mol. The van der Waals surface area contributed by atoms with E-state index in [1.165, 1.54) is 16.8 Å². The van der Waals surface area contributed by atoms with E-state index in [4.69, 9.17) is 0 Å². The van der Waals surface area contributed by atoms with Crippen molar-refractivity contribution in [3.63, 3.8) is 0 Å². The highest BCUT2D eigenvalue weighted by atomic mass is 16.2. The Balaban J connectivity index is 1.83. The second-order valence-electron chi connectivity index (χ2n) is 6.31. The molecule has 0 N–H and O–H groups in total. The van der Waals surface area contributed by atoms with Crippen molar-refractivity contribution in [3.05, 3.63) is 64.1 Å². The van der Waals surface area contributed by atoms with Crippen molar-refractivity contribution in [1.82, 2.24) is 19.6 Å². The SMILES string of the molecule is C[C@@H]1CN(C)CCN1C(=O)c1ccc(=O)n(Cc2ccccc2)n1. The third-order valence-corrected chi connectivity index (χ3v) is 4.35. The van der Waals surface area contributed by atoms with Crippen LogP contribution in [-0.2, 0) is 6.54 Å². The van der Waals surface area contributed by atoms with Crippen molar-refractivity contribution in [2.45, 2.75) is 19.5 Å². The van der Waals surface area contributed by atoms with E-state index in [1.807, 2.05) is 42.2 Å². The lowest BCUT2D eigenvalue weighted by Crippen LogP contribution is -2.53. The summed E-state index contributed by atoms with van der Waals surface area (Å²) in [5, 5.41) is 4.30. The highest BCUT2D eigenvalue weighted by Gasteiger charge is 2.27. The third kappa shape index (κ3) is 3.54. The molecular formula is C18H22N4O2. The van der Waals surface area contributed by atoms with Crippen molar-refractivity contribution in [2.75, 3.05) is 26.7 Å². The van der Waals surface area contributed by atoms with Crippen LogP contribution in [0.1, 0.15) is 23.0 Å². The van der Waals surface area contributed by atoms with E-state index in [-0.39, 0.29) is 17.5 Å². The number of carbonyl (C=O) groups is 1. The molecule has 1 aliphatic heterocycles. The molecule has 0 spiro atoms. The summed E-state index contributed by atoms with van der Waals surface area (Å²) in [4.78, 5) is 28.9. The highest BCUT2D eigenvalue weighted by Crippen LogP contribution is 2.11. The van der Waals surface area contributed by atoms with E-state index in [0.717, 1.165) is 18.7 Å². The zero-order valence-electron chi connectivity index (χ0n) is 14.1. The van der Waals surface area contributed by atoms with Gasteiger partial charge in [-0.25, -0.2) is 4.68 Å². The molecule has 1 fully saturated rings. The van der Waals surface area contributed by atoms with Crippen LogP contribution in [0.15, 0.2) is 47.3 Å². The Morgan fingerprint density at radius 2 is 1.92 bits per heavy atom. The lowest BCUT2D eigenvalue weighted by Gasteiger charge is -2.38. The first-order chi connectivity index (χ1) is 11.5. The van der Waals surface area contributed by atoms with Crippen molar-refractivity contribution in [1.29, 1.82) is 0 Å². The lowest BCUT2D eigenvalue weighted by atomic mass is 10.2. The minimum absolute atomic E-state index is 0.114. The van der Waals surface area contributed by atoms with Gasteiger partial charge in [0.25, 0.3) is 11.5 Å². The second-order valence-corrected chi connectivity index (χ2v) is 6.31. The van der Waals surface area contributed by atoms with Crippen LogP contribution in [0.25, 0.3) is 0 Å². The van der Waals surface area contributed by atoms with Gasteiger partial charge < -0.3 is 9.80 Å². The van der Waals surface area contributed by atoms with Gasteiger partial charge in [-0.05, 0) is 25.6 Å². The Morgan fingerprint density at radius 3 is 2.62 bits per heavy atom. The van der Waals surface area contributed by atoms with E-state index in [9.17, 15) is 9.59 Å². The van der Waals surface area contributed by atoms with Crippen LogP contribution in [0.2, 0.25) is 0 Å². The normalized spacial score (nSPS) is 18.6. The Bertz CT molecular complexity index is 772. The predicted molar refractivity (Wildman–Crippen MR) is 92.0 cm³/mol. The van der Waals surface area contributed by atoms with Crippen LogP contribution < -0.4 is 5.56 Å². The number of benzene rings is 1. The number of likely N-dealkylation sites (N-methyl/N-ethyl adjacent to an activating group) is 1. The van der Waals surface area contributed by atoms with Crippen LogP contribution >= 0.6 is 0 Å². The van der Waals surface area contributed by atoms with Crippen molar-refractivity contribution >= 4 is 5.91 Å². The first-order valence-corrected chi connectivity index (χ1v) is 8.16. The summed E-state index contributed by atoms with van der Waals surface area (Å²) in [6.07, 6.45) is 0. The molecular weight excluding hydrogens is 304 g/mol. The maximum Gasteiger partial charge on any atom is 0.274 e. The smallest absolute Gasteiger partial charge is 0.274 e. The summed E-state index contributed by atoms with van der Waals surface area (Å²) in [7, 11) is 2.05. The minimum Gasteiger partial charge on any atom is -0.332 e. The van der Waals surface area contributed by atoms with E-state index in [0.29, 0.717) is 18.8 Å².